The lowest BCUT2D eigenvalue weighted by Gasteiger charge is -2.28. The third-order valence-corrected chi connectivity index (χ3v) is 4.81. The number of hydrogen-bond donors (Lipinski definition) is 1. The van der Waals surface area contributed by atoms with Gasteiger partial charge in [-0.15, -0.1) is 0 Å². The summed E-state index contributed by atoms with van der Waals surface area (Å²) in [6.45, 7) is 5.90. The van der Waals surface area contributed by atoms with Crippen LogP contribution in [0, 0.1) is 30.4 Å². The molecule has 0 aromatic heterocycles. The summed E-state index contributed by atoms with van der Waals surface area (Å²) in [7, 11) is 0. The van der Waals surface area contributed by atoms with Crippen LogP contribution < -0.4 is 0 Å². The summed E-state index contributed by atoms with van der Waals surface area (Å²) in [4.78, 5) is 0. The number of hydrogen-bond acceptors (Lipinski definition) is 1. The fraction of sp³-hybridized carbons (Fsp3) is 0.647. The van der Waals surface area contributed by atoms with E-state index in [2.05, 4.69) is 13.8 Å². The zero-order chi connectivity index (χ0) is 14.9. The highest BCUT2D eigenvalue weighted by atomic mass is 19.2. The molecule has 0 aliphatic heterocycles. The molecule has 20 heavy (non-hydrogen) atoms. The Morgan fingerprint density at radius 1 is 1.15 bits per heavy atom. The Balaban J connectivity index is 2.29. The summed E-state index contributed by atoms with van der Waals surface area (Å²) in [6.07, 6.45) is 3.79. The molecule has 1 nitrogen and oxygen atoms in total. The Morgan fingerprint density at radius 3 is 2.50 bits per heavy atom. The van der Waals surface area contributed by atoms with Crippen molar-refractivity contribution in [2.75, 3.05) is 0 Å². The summed E-state index contributed by atoms with van der Waals surface area (Å²) < 4.78 is 27.9. The van der Waals surface area contributed by atoms with Gasteiger partial charge in [0.2, 0.25) is 0 Å². The van der Waals surface area contributed by atoms with Gasteiger partial charge in [0.1, 0.15) is 0 Å². The first-order valence-corrected chi connectivity index (χ1v) is 7.52. The van der Waals surface area contributed by atoms with Crippen LogP contribution in [0.15, 0.2) is 12.1 Å². The zero-order valence-electron chi connectivity index (χ0n) is 12.5. The Morgan fingerprint density at radius 2 is 1.85 bits per heavy atom. The molecule has 0 heterocycles. The number of aliphatic hydroxyl groups is 1. The normalized spacial score (nSPS) is 27.6. The summed E-state index contributed by atoms with van der Waals surface area (Å²) >= 11 is 0. The predicted molar refractivity (Wildman–Crippen MR) is 76.4 cm³/mol. The van der Waals surface area contributed by atoms with Gasteiger partial charge >= 0.3 is 0 Å². The maximum absolute atomic E-state index is 14.1. The Hall–Kier alpha value is -0.960. The summed E-state index contributed by atoms with van der Waals surface area (Å²) in [6, 6.07) is 3.10. The number of halogens is 2. The fourth-order valence-electron chi connectivity index (χ4n) is 3.29. The molecule has 1 aromatic rings. The van der Waals surface area contributed by atoms with E-state index in [1.807, 2.05) is 0 Å². The number of benzene rings is 1. The lowest BCUT2D eigenvalue weighted by molar-refractivity contribution is 0.0151. The van der Waals surface area contributed by atoms with E-state index >= 15 is 0 Å². The molecule has 2 unspecified atom stereocenters. The summed E-state index contributed by atoms with van der Waals surface area (Å²) in [5, 5.41) is 10.8. The van der Waals surface area contributed by atoms with Crippen LogP contribution in [0.4, 0.5) is 8.78 Å². The second-order valence-corrected chi connectivity index (χ2v) is 6.52. The van der Waals surface area contributed by atoms with Gasteiger partial charge in [-0.3, -0.25) is 0 Å². The van der Waals surface area contributed by atoms with E-state index in [9.17, 15) is 13.9 Å². The van der Waals surface area contributed by atoms with Crippen LogP contribution in [0.2, 0.25) is 0 Å². The lowest BCUT2D eigenvalue weighted by atomic mass is 9.84. The van der Waals surface area contributed by atoms with E-state index in [1.165, 1.54) is 6.92 Å². The van der Waals surface area contributed by atoms with Crippen molar-refractivity contribution in [3.8, 4) is 0 Å². The van der Waals surface area contributed by atoms with Gasteiger partial charge in [0.25, 0.3) is 0 Å². The minimum atomic E-state index is -1.22. The molecule has 2 rings (SSSR count). The topological polar surface area (TPSA) is 20.2 Å². The van der Waals surface area contributed by atoms with Crippen LogP contribution in [-0.4, -0.2) is 5.11 Å². The van der Waals surface area contributed by atoms with Gasteiger partial charge in [0.05, 0.1) is 5.60 Å². The predicted octanol–water partition coefficient (Wildman–Crippen LogP) is 4.70. The van der Waals surface area contributed by atoms with Crippen molar-refractivity contribution in [2.45, 2.75) is 58.5 Å². The van der Waals surface area contributed by atoms with Crippen molar-refractivity contribution in [1.82, 2.24) is 0 Å². The van der Waals surface area contributed by atoms with Crippen molar-refractivity contribution in [1.29, 1.82) is 0 Å². The van der Waals surface area contributed by atoms with Gasteiger partial charge in [-0.05, 0) is 50.0 Å². The monoisotopic (exact) mass is 282 g/mol. The minimum absolute atomic E-state index is 0.130. The minimum Gasteiger partial charge on any atom is -0.385 e. The van der Waals surface area contributed by atoms with Gasteiger partial charge < -0.3 is 5.11 Å². The molecule has 1 aliphatic carbocycles. The van der Waals surface area contributed by atoms with E-state index in [0.29, 0.717) is 24.7 Å². The largest absolute Gasteiger partial charge is 0.385 e. The molecule has 2 atom stereocenters. The van der Waals surface area contributed by atoms with Gasteiger partial charge in [-0.25, -0.2) is 8.78 Å². The molecule has 0 radical (unpaired) electrons. The molecule has 0 amide bonds. The molecular weight excluding hydrogens is 258 g/mol. The summed E-state index contributed by atoms with van der Waals surface area (Å²) in [5.74, 6) is -0.588. The van der Waals surface area contributed by atoms with Crippen molar-refractivity contribution in [3.63, 3.8) is 0 Å². The highest BCUT2D eigenvalue weighted by Crippen LogP contribution is 2.41. The van der Waals surface area contributed by atoms with E-state index in [-0.39, 0.29) is 11.1 Å². The molecule has 1 aliphatic rings. The van der Waals surface area contributed by atoms with Crippen molar-refractivity contribution in [3.05, 3.63) is 34.9 Å². The lowest BCUT2D eigenvalue weighted by Crippen LogP contribution is -2.27. The quantitative estimate of drug-likeness (QED) is 0.780. The molecule has 3 heteroatoms. The van der Waals surface area contributed by atoms with Gasteiger partial charge in [0, 0.05) is 5.56 Å². The third-order valence-electron chi connectivity index (χ3n) is 4.81. The van der Waals surface area contributed by atoms with Crippen molar-refractivity contribution < 1.29 is 13.9 Å². The van der Waals surface area contributed by atoms with Crippen LogP contribution in [0.1, 0.15) is 57.1 Å². The number of aryl methyl sites for hydroxylation is 1. The SMILES string of the molecule is Cc1ccc(C2(O)CCCC(C(C)C)CC2)c(F)c1F. The second kappa shape index (κ2) is 5.80. The molecule has 0 saturated heterocycles. The Kier molecular flexibility index (Phi) is 4.48. The van der Waals surface area contributed by atoms with Crippen LogP contribution in [0.5, 0.6) is 0 Å². The highest BCUT2D eigenvalue weighted by molar-refractivity contribution is 5.30. The third kappa shape index (κ3) is 2.88. The molecular formula is C17H24F2O. The first-order valence-electron chi connectivity index (χ1n) is 7.52. The molecule has 1 aromatic carbocycles. The van der Waals surface area contributed by atoms with Crippen LogP contribution in [-0.2, 0) is 5.60 Å². The van der Waals surface area contributed by atoms with Gasteiger partial charge in [0.15, 0.2) is 11.6 Å². The molecule has 0 bridgehead atoms. The molecule has 1 saturated carbocycles. The fourth-order valence-corrected chi connectivity index (χ4v) is 3.29. The van der Waals surface area contributed by atoms with Crippen molar-refractivity contribution in [2.24, 2.45) is 11.8 Å². The maximum Gasteiger partial charge on any atom is 0.165 e. The highest BCUT2D eigenvalue weighted by Gasteiger charge is 2.36. The first-order chi connectivity index (χ1) is 9.35. The average Bonchev–Trinajstić information content (AvgIpc) is 2.59. The molecule has 1 fully saturated rings. The van der Waals surface area contributed by atoms with E-state index < -0.39 is 17.2 Å². The van der Waals surface area contributed by atoms with Crippen LogP contribution in [0.3, 0.4) is 0 Å². The first kappa shape index (κ1) is 15.4. The van der Waals surface area contributed by atoms with Crippen molar-refractivity contribution >= 4 is 0 Å². The molecule has 112 valence electrons. The smallest absolute Gasteiger partial charge is 0.165 e. The van der Waals surface area contributed by atoms with Gasteiger partial charge in [-0.1, -0.05) is 32.4 Å². The van der Waals surface area contributed by atoms with E-state index in [0.717, 1.165) is 19.3 Å². The summed E-state index contributed by atoms with van der Waals surface area (Å²) in [5.41, 5.74) is -0.809. The average molecular weight is 282 g/mol. The number of rotatable bonds is 2. The zero-order valence-corrected chi connectivity index (χ0v) is 12.5. The maximum atomic E-state index is 14.1. The Labute approximate surface area is 120 Å². The van der Waals surface area contributed by atoms with Crippen LogP contribution >= 0.6 is 0 Å². The second-order valence-electron chi connectivity index (χ2n) is 6.52. The molecule has 1 N–H and O–H groups in total. The standard InChI is InChI=1S/C17H24F2O/c1-11(2)13-5-4-9-17(20,10-8-13)14-7-6-12(3)15(18)16(14)19/h6-7,11,13,20H,4-5,8-10H2,1-3H3. The van der Waals surface area contributed by atoms with Crippen LogP contribution in [0.25, 0.3) is 0 Å². The van der Waals surface area contributed by atoms with Gasteiger partial charge in [-0.2, -0.15) is 0 Å². The molecule has 0 spiro atoms. The van der Waals surface area contributed by atoms with E-state index in [4.69, 9.17) is 0 Å². The Bertz CT molecular complexity index is 484. The van der Waals surface area contributed by atoms with E-state index in [1.54, 1.807) is 12.1 Å².